The molecule has 0 saturated carbocycles. The van der Waals surface area contributed by atoms with Gasteiger partial charge in [-0.25, -0.2) is 4.39 Å². The van der Waals surface area contributed by atoms with Gasteiger partial charge in [0.05, 0.1) is 11.6 Å². The maximum Gasteiger partial charge on any atom is 0.317 e. The van der Waals surface area contributed by atoms with Crippen LogP contribution in [0.15, 0.2) is 42.5 Å². The van der Waals surface area contributed by atoms with E-state index in [9.17, 15) is 9.18 Å². The van der Waals surface area contributed by atoms with E-state index >= 15 is 0 Å². The van der Waals surface area contributed by atoms with Crippen LogP contribution in [0, 0.1) is 5.82 Å². The van der Waals surface area contributed by atoms with E-state index in [1.807, 2.05) is 12.1 Å². The van der Waals surface area contributed by atoms with Gasteiger partial charge in [0.15, 0.2) is 0 Å². The summed E-state index contributed by atoms with van der Waals surface area (Å²) in [4.78, 5) is 10.5. The SMILES string of the molecule is O=C(O)CNCc1ccccc1OCc1c(F)cccc1Cl. The van der Waals surface area contributed by atoms with Crippen molar-refractivity contribution in [3.63, 3.8) is 0 Å². The van der Waals surface area contributed by atoms with Crippen molar-refractivity contribution >= 4 is 17.6 Å². The van der Waals surface area contributed by atoms with Crippen molar-refractivity contribution in [1.82, 2.24) is 5.32 Å². The van der Waals surface area contributed by atoms with Crippen molar-refractivity contribution in [2.45, 2.75) is 13.2 Å². The van der Waals surface area contributed by atoms with Gasteiger partial charge >= 0.3 is 5.97 Å². The number of carboxylic acid groups (broad SMARTS) is 1. The number of hydrogen-bond acceptors (Lipinski definition) is 3. The molecule has 0 aromatic heterocycles. The lowest BCUT2D eigenvalue weighted by molar-refractivity contribution is -0.136. The van der Waals surface area contributed by atoms with Gasteiger partial charge in [-0.05, 0) is 18.2 Å². The molecule has 0 fully saturated rings. The quantitative estimate of drug-likeness (QED) is 0.821. The molecule has 0 aliphatic rings. The highest BCUT2D eigenvalue weighted by atomic mass is 35.5. The minimum Gasteiger partial charge on any atom is -0.488 e. The highest BCUT2D eigenvalue weighted by molar-refractivity contribution is 6.31. The number of halogens is 2. The Morgan fingerprint density at radius 2 is 2.00 bits per heavy atom. The smallest absolute Gasteiger partial charge is 0.317 e. The van der Waals surface area contributed by atoms with Crippen molar-refractivity contribution in [1.29, 1.82) is 0 Å². The first-order valence-electron chi connectivity index (χ1n) is 6.64. The van der Waals surface area contributed by atoms with E-state index in [2.05, 4.69) is 5.32 Å². The van der Waals surface area contributed by atoms with Gasteiger partial charge in [0.25, 0.3) is 0 Å². The molecule has 0 spiro atoms. The summed E-state index contributed by atoms with van der Waals surface area (Å²) >= 11 is 5.96. The second-order valence-corrected chi connectivity index (χ2v) is 5.00. The van der Waals surface area contributed by atoms with Crippen molar-refractivity contribution in [2.75, 3.05) is 6.54 Å². The van der Waals surface area contributed by atoms with E-state index in [0.29, 0.717) is 17.3 Å². The molecule has 0 atom stereocenters. The van der Waals surface area contributed by atoms with E-state index in [4.69, 9.17) is 21.4 Å². The number of rotatable bonds is 7. The van der Waals surface area contributed by atoms with Crippen LogP contribution >= 0.6 is 11.6 Å². The van der Waals surface area contributed by atoms with Gasteiger partial charge in [0.1, 0.15) is 18.2 Å². The largest absolute Gasteiger partial charge is 0.488 e. The zero-order valence-corrected chi connectivity index (χ0v) is 12.4. The molecule has 2 rings (SSSR count). The van der Waals surface area contributed by atoms with Crippen molar-refractivity contribution < 1.29 is 19.0 Å². The number of hydrogen-bond donors (Lipinski definition) is 2. The van der Waals surface area contributed by atoms with E-state index in [-0.39, 0.29) is 18.7 Å². The number of benzene rings is 2. The minimum absolute atomic E-state index is 0.00144. The van der Waals surface area contributed by atoms with Gasteiger partial charge in [-0.1, -0.05) is 35.9 Å². The summed E-state index contributed by atoms with van der Waals surface area (Å²) in [5.74, 6) is -0.801. The van der Waals surface area contributed by atoms with E-state index < -0.39 is 11.8 Å². The van der Waals surface area contributed by atoms with E-state index in [1.54, 1.807) is 18.2 Å². The summed E-state index contributed by atoms with van der Waals surface area (Å²) in [6.45, 7) is 0.197. The standard InChI is InChI=1S/C16H15ClFNO3/c17-13-5-3-6-14(18)12(13)10-22-15-7-2-1-4-11(15)8-19-9-16(20)21/h1-7,19H,8-10H2,(H,20,21). The predicted molar refractivity (Wildman–Crippen MR) is 81.5 cm³/mol. The monoisotopic (exact) mass is 323 g/mol. The van der Waals surface area contributed by atoms with Crippen LogP contribution in [0.25, 0.3) is 0 Å². The summed E-state index contributed by atoms with van der Waals surface area (Å²) in [5.41, 5.74) is 1.08. The highest BCUT2D eigenvalue weighted by Gasteiger charge is 2.09. The molecule has 0 aliphatic carbocycles. The van der Waals surface area contributed by atoms with E-state index in [1.165, 1.54) is 12.1 Å². The molecule has 2 N–H and O–H groups in total. The highest BCUT2D eigenvalue weighted by Crippen LogP contribution is 2.23. The third-order valence-electron chi connectivity index (χ3n) is 3.00. The molecule has 0 heterocycles. The number of para-hydroxylation sites is 1. The number of nitrogens with one attached hydrogen (secondary N) is 1. The maximum atomic E-state index is 13.7. The topological polar surface area (TPSA) is 58.6 Å². The number of carboxylic acids is 1. The molecule has 0 saturated heterocycles. The fraction of sp³-hybridized carbons (Fsp3) is 0.188. The Balaban J connectivity index is 2.05. The second-order valence-electron chi connectivity index (χ2n) is 4.59. The number of carbonyl (C=O) groups is 1. The lowest BCUT2D eigenvalue weighted by atomic mass is 10.2. The first-order chi connectivity index (χ1) is 10.6. The average Bonchev–Trinajstić information content (AvgIpc) is 2.48. The van der Waals surface area contributed by atoms with Crippen LogP contribution in [0.1, 0.15) is 11.1 Å². The van der Waals surface area contributed by atoms with Crippen LogP contribution in [-0.4, -0.2) is 17.6 Å². The molecule has 0 bridgehead atoms. The molecule has 0 aliphatic heterocycles. The second kappa shape index (κ2) is 7.77. The zero-order valence-electron chi connectivity index (χ0n) is 11.7. The predicted octanol–water partition coefficient (Wildman–Crippen LogP) is 3.23. The van der Waals surface area contributed by atoms with Crippen LogP contribution in [0.2, 0.25) is 5.02 Å². The Hall–Kier alpha value is -2.11. The molecule has 0 unspecified atom stereocenters. The van der Waals surface area contributed by atoms with Gasteiger partial charge in [-0.15, -0.1) is 0 Å². The first-order valence-corrected chi connectivity index (χ1v) is 7.02. The Bertz CT molecular complexity index is 643. The van der Waals surface area contributed by atoms with Crippen LogP contribution < -0.4 is 10.1 Å². The molecule has 2 aromatic rings. The van der Waals surface area contributed by atoms with Gasteiger partial charge in [-0.2, -0.15) is 0 Å². The Kier molecular flexibility index (Phi) is 5.75. The molecule has 116 valence electrons. The maximum absolute atomic E-state index is 13.7. The summed E-state index contributed by atoms with van der Waals surface area (Å²) in [6, 6.07) is 11.6. The van der Waals surface area contributed by atoms with Gasteiger partial charge < -0.3 is 15.2 Å². The average molecular weight is 324 g/mol. The summed E-state index contributed by atoms with van der Waals surface area (Å²) < 4.78 is 19.3. The van der Waals surface area contributed by atoms with Crippen LogP contribution in [0.5, 0.6) is 5.75 Å². The molecule has 0 amide bonds. The number of ether oxygens (including phenoxy) is 1. The number of aliphatic carboxylic acids is 1. The Morgan fingerprint density at radius 1 is 1.23 bits per heavy atom. The van der Waals surface area contributed by atoms with Gasteiger partial charge in [0.2, 0.25) is 0 Å². The fourth-order valence-corrected chi connectivity index (χ4v) is 2.13. The van der Waals surface area contributed by atoms with Crippen LogP contribution in [0.4, 0.5) is 4.39 Å². The van der Waals surface area contributed by atoms with Crippen molar-refractivity contribution in [3.8, 4) is 5.75 Å². The van der Waals surface area contributed by atoms with Gasteiger partial charge in [0, 0.05) is 17.7 Å². The molecule has 0 radical (unpaired) electrons. The van der Waals surface area contributed by atoms with Gasteiger partial charge in [-0.3, -0.25) is 4.79 Å². The minimum atomic E-state index is -0.934. The molecule has 6 heteroatoms. The third-order valence-corrected chi connectivity index (χ3v) is 3.35. The summed E-state index contributed by atoms with van der Waals surface area (Å²) in [7, 11) is 0. The first kappa shape index (κ1) is 16.3. The molecular weight excluding hydrogens is 309 g/mol. The Labute approximate surface area is 132 Å². The van der Waals surface area contributed by atoms with Crippen molar-refractivity contribution in [3.05, 3.63) is 64.4 Å². The Morgan fingerprint density at radius 3 is 2.73 bits per heavy atom. The normalized spacial score (nSPS) is 10.5. The molecular formula is C16H15ClFNO3. The van der Waals surface area contributed by atoms with Crippen LogP contribution in [-0.2, 0) is 17.9 Å². The lowest BCUT2D eigenvalue weighted by Gasteiger charge is -2.13. The molecule has 4 nitrogen and oxygen atoms in total. The molecule has 2 aromatic carbocycles. The lowest BCUT2D eigenvalue weighted by Crippen LogP contribution is -2.22. The van der Waals surface area contributed by atoms with Crippen LogP contribution in [0.3, 0.4) is 0 Å². The van der Waals surface area contributed by atoms with Crippen molar-refractivity contribution in [2.24, 2.45) is 0 Å². The van der Waals surface area contributed by atoms with E-state index in [0.717, 1.165) is 5.56 Å². The summed E-state index contributed by atoms with van der Waals surface area (Å²) in [5, 5.41) is 11.7. The zero-order chi connectivity index (χ0) is 15.9. The summed E-state index contributed by atoms with van der Waals surface area (Å²) in [6.07, 6.45) is 0. The third kappa shape index (κ3) is 4.44. The fourth-order valence-electron chi connectivity index (χ4n) is 1.91. The molecule has 22 heavy (non-hydrogen) atoms.